The molecule has 2 aromatic rings. The van der Waals surface area contributed by atoms with Crippen molar-refractivity contribution in [2.45, 2.75) is 43.2 Å². The van der Waals surface area contributed by atoms with E-state index in [1.807, 2.05) is 0 Å². The molecule has 1 aromatic heterocycles. The molecule has 1 aromatic carbocycles. The molecule has 0 bridgehead atoms. The Hall–Kier alpha value is -2.57. The van der Waals surface area contributed by atoms with Gasteiger partial charge in [0.25, 0.3) is 5.91 Å². The second-order valence-electron chi connectivity index (χ2n) is 8.17. The summed E-state index contributed by atoms with van der Waals surface area (Å²) in [6.45, 7) is 1.25. The summed E-state index contributed by atoms with van der Waals surface area (Å²) in [7, 11) is -3.67. The van der Waals surface area contributed by atoms with Crippen LogP contribution in [0.25, 0.3) is 0 Å². The number of ether oxygens (including phenoxy) is 1. The third-order valence-electron chi connectivity index (χ3n) is 5.86. The van der Waals surface area contributed by atoms with Crippen LogP contribution in [0.2, 0.25) is 0 Å². The Morgan fingerprint density at radius 1 is 1.06 bits per heavy atom. The molecule has 8 nitrogen and oxygen atoms in total. The number of aryl methyl sites for hydroxylation is 1. The number of hydrogen-bond acceptors (Lipinski definition) is 6. The lowest BCUT2D eigenvalue weighted by atomic mass is 9.94. The zero-order valence-electron chi connectivity index (χ0n) is 18.4. The first-order valence-corrected chi connectivity index (χ1v) is 12.5. The first-order chi connectivity index (χ1) is 16.2. The van der Waals surface area contributed by atoms with E-state index >= 15 is 0 Å². The first kappa shape index (κ1) is 24.6. The van der Waals surface area contributed by atoms with Crippen molar-refractivity contribution < 1.29 is 31.1 Å². The quantitative estimate of drug-likeness (QED) is 0.656. The molecule has 0 atom stereocenters. The molecule has 0 radical (unpaired) electrons. The summed E-state index contributed by atoms with van der Waals surface area (Å²) in [4.78, 5) is 20.6. The van der Waals surface area contributed by atoms with Gasteiger partial charge in [-0.1, -0.05) is 0 Å². The van der Waals surface area contributed by atoms with Crippen LogP contribution < -0.4 is 5.32 Å². The van der Waals surface area contributed by atoms with Gasteiger partial charge in [0.15, 0.2) is 5.69 Å². The average molecular weight is 499 g/mol. The number of rotatable bonds is 6. The highest BCUT2D eigenvalue weighted by molar-refractivity contribution is 7.89. The molecule has 1 amide bonds. The minimum Gasteiger partial charge on any atom is -0.379 e. The molecule has 34 heavy (non-hydrogen) atoms. The van der Waals surface area contributed by atoms with Gasteiger partial charge >= 0.3 is 6.18 Å². The molecule has 0 unspecified atom stereocenters. The summed E-state index contributed by atoms with van der Waals surface area (Å²) in [5.74, 6) is -0.426. The van der Waals surface area contributed by atoms with Crippen LogP contribution in [0.3, 0.4) is 0 Å². The van der Waals surface area contributed by atoms with E-state index in [0.717, 1.165) is 6.42 Å². The number of morpholine rings is 1. The van der Waals surface area contributed by atoms with Gasteiger partial charge < -0.3 is 10.1 Å². The standard InChI is InChI=1S/C22H25F3N4O4S/c23-22(24,25)20-17-3-1-2-4-18(17)27-19(28-20)9-10-26-21(30)15-5-7-16(8-6-15)34(31,32)29-11-13-33-14-12-29/h5-8H,1-4,9-14H2,(H,26,30). The highest BCUT2D eigenvalue weighted by Gasteiger charge is 2.37. The van der Waals surface area contributed by atoms with Crippen molar-refractivity contribution >= 4 is 15.9 Å². The number of amides is 1. The number of carbonyl (C=O) groups excluding carboxylic acids is 1. The lowest BCUT2D eigenvalue weighted by Gasteiger charge is -2.26. The fourth-order valence-electron chi connectivity index (χ4n) is 4.10. The van der Waals surface area contributed by atoms with E-state index in [1.165, 1.54) is 28.6 Å². The molecule has 0 spiro atoms. The van der Waals surface area contributed by atoms with Crippen molar-refractivity contribution in [3.05, 3.63) is 52.6 Å². The summed E-state index contributed by atoms with van der Waals surface area (Å²) < 4.78 is 72.2. The van der Waals surface area contributed by atoms with E-state index in [-0.39, 0.29) is 47.9 Å². The van der Waals surface area contributed by atoms with Crippen LogP contribution in [0.4, 0.5) is 13.2 Å². The van der Waals surface area contributed by atoms with Crippen LogP contribution in [0.15, 0.2) is 29.2 Å². The van der Waals surface area contributed by atoms with Crippen LogP contribution in [0.1, 0.15) is 46.0 Å². The van der Waals surface area contributed by atoms with Gasteiger partial charge in [0.2, 0.25) is 10.0 Å². The maximum Gasteiger partial charge on any atom is 0.433 e. The van der Waals surface area contributed by atoms with E-state index in [4.69, 9.17) is 4.74 Å². The van der Waals surface area contributed by atoms with E-state index in [0.29, 0.717) is 38.2 Å². The lowest BCUT2D eigenvalue weighted by molar-refractivity contribution is -0.142. The van der Waals surface area contributed by atoms with Crippen LogP contribution in [0, 0.1) is 0 Å². The normalized spacial score (nSPS) is 17.3. The van der Waals surface area contributed by atoms with Gasteiger partial charge in [-0.3, -0.25) is 4.79 Å². The van der Waals surface area contributed by atoms with Crippen LogP contribution >= 0.6 is 0 Å². The van der Waals surface area contributed by atoms with Gasteiger partial charge in [0.1, 0.15) is 5.82 Å². The molecule has 1 fully saturated rings. The first-order valence-electron chi connectivity index (χ1n) is 11.1. The van der Waals surface area contributed by atoms with E-state index in [2.05, 4.69) is 15.3 Å². The molecule has 1 N–H and O–H groups in total. The number of fused-ring (bicyclic) bond motifs is 1. The number of hydrogen-bond donors (Lipinski definition) is 1. The van der Waals surface area contributed by atoms with Crippen LogP contribution in [0.5, 0.6) is 0 Å². The predicted octanol–water partition coefficient (Wildman–Crippen LogP) is 2.37. The maximum atomic E-state index is 13.5. The third-order valence-corrected chi connectivity index (χ3v) is 7.77. The number of nitrogens with one attached hydrogen (secondary N) is 1. The van der Waals surface area contributed by atoms with Crippen molar-refractivity contribution in [1.29, 1.82) is 0 Å². The topological polar surface area (TPSA) is 101 Å². The Labute approximate surface area is 195 Å². The SMILES string of the molecule is O=C(NCCc1nc2c(c(C(F)(F)F)n1)CCCC2)c1ccc(S(=O)(=O)N2CCOCC2)cc1. The molecule has 1 saturated heterocycles. The van der Waals surface area contributed by atoms with Gasteiger partial charge in [-0.25, -0.2) is 18.4 Å². The van der Waals surface area contributed by atoms with E-state index in [1.54, 1.807) is 0 Å². The number of halogens is 3. The van der Waals surface area contributed by atoms with Gasteiger partial charge in [0, 0.05) is 42.9 Å². The van der Waals surface area contributed by atoms with Gasteiger partial charge in [0.05, 0.1) is 18.1 Å². The van der Waals surface area contributed by atoms with Crippen molar-refractivity contribution in [2.24, 2.45) is 0 Å². The summed E-state index contributed by atoms with van der Waals surface area (Å²) in [5, 5.41) is 2.63. The predicted molar refractivity (Wildman–Crippen MR) is 116 cm³/mol. The van der Waals surface area contributed by atoms with Crippen molar-refractivity contribution in [3.8, 4) is 0 Å². The molecular formula is C22H25F3N4O4S. The lowest BCUT2D eigenvalue weighted by Crippen LogP contribution is -2.40. The van der Waals surface area contributed by atoms with Crippen LogP contribution in [-0.2, 0) is 40.2 Å². The smallest absolute Gasteiger partial charge is 0.379 e. The van der Waals surface area contributed by atoms with Crippen LogP contribution in [-0.4, -0.2) is 61.4 Å². The number of carbonyl (C=O) groups is 1. The van der Waals surface area contributed by atoms with Crippen molar-refractivity contribution in [3.63, 3.8) is 0 Å². The van der Waals surface area contributed by atoms with Gasteiger partial charge in [-0.15, -0.1) is 0 Å². The summed E-state index contributed by atoms with van der Waals surface area (Å²) in [6.07, 6.45) is -2.23. The number of benzene rings is 1. The third kappa shape index (κ3) is 5.39. The monoisotopic (exact) mass is 498 g/mol. The Morgan fingerprint density at radius 2 is 1.74 bits per heavy atom. The summed E-state index contributed by atoms with van der Waals surface area (Å²) in [6, 6.07) is 5.53. The molecule has 4 rings (SSSR count). The second kappa shape index (κ2) is 9.96. The molecule has 12 heteroatoms. The van der Waals surface area contributed by atoms with Gasteiger partial charge in [-0.05, 0) is 49.9 Å². The molecule has 0 saturated carbocycles. The molecule has 1 aliphatic heterocycles. The number of nitrogens with zero attached hydrogens (tertiary/aromatic N) is 3. The minimum absolute atomic E-state index is 0.0419. The second-order valence-corrected chi connectivity index (χ2v) is 10.1. The Morgan fingerprint density at radius 3 is 2.41 bits per heavy atom. The number of aromatic nitrogens is 2. The molecule has 2 heterocycles. The Balaban J connectivity index is 1.39. The Bertz CT molecular complexity index is 1150. The highest BCUT2D eigenvalue weighted by Crippen LogP contribution is 2.34. The fraction of sp³-hybridized carbons (Fsp3) is 0.500. The van der Waals surface area contributed by atoms with Crippen molar-refractivity contribution in [2.75, 3.05) is 32.8 Å². The number of sulfonamides is 1. The summed E-state index contributed by atoms with van der Waals surface area (Å²) in [5.41, 5.74) is -0.0236. The molecule has 184 valence electrons. The minimum atomic E-state index is -4.55. The molecule has 1 aliphatic carbocycles. The molecule has 2 aliphatic rings. The highest BCUT2D eigenvalue weighted by atomic mass is 32.2. The van der Waals surface area contributed by atoms with E-state index in [9.17, 15) is 26.4 Å². The van der Waals surface area contributed by atoms with E-state index < -0.39 is 27.8 Å². The summed E-state index contributed by atoms with van der Waals surface area (Å²) >= 11 is 0. The number of alkyl halides is 3. The maximum absolute atomic E-state index is 13.5. The van der Waals surface area contributed by atoms with Gasteiger partial charge in [-0.2, -0.15) is 17.5 Å². The Kier molecular flexibility index (Phi) is 7.20. The molecular weight excluding hydrogens is 473 g/mol. The fourth-order valence-corrected chi connectivity index (χ4v) is 5.50. The zero-order chi connectivity index (χ0) is 24.3. The average Bonchev–Trinajstić information content (AvgIpc) is 2.83. The zero-order valence-corrected chi connectivity index (χ0v) is 19.2. The largest absolute Gasteiger partial charge is 0.433 e. The van der Waals surface area contributed by atoms with Crippen molar-refractivity contribution in [1.82, 2.24) is 19.6 Å².